The maximum absolute atomic E-state index is 12.2. The highest BCUT2D eigenvalue weighted by Gasteiger charge is 2.37. The highest BCUT2D eigenvalue weighted by atomic mass is 35.5. The van der Waals surface area contributed by atoms with E-state index in [1.165, 1.54) is 18.2 Å². The first-order valence-corrected chi connectivity index (χ1v) is 9.48. The van der Waals surface area contributed by atoms with Gasteiger partial charge < -0.3 is 10.1 Å². The molecule has 132 valence electrons. The number of rotatable bonds is 7. The van der Waals surface area contributed by atoms with Gasteiger partial charge in [0.2, 0.25) is 15.9 Å². The number of nitrogens with one attached hydrogen (secondary N) is 1. The van der Waals surface area contributed by atoms with Crippen molar-refractivity contribution < 1.29 is 22.7 Å². The Kier molecular flexibility index (Phi) is 6.20. The minimum atomic E-state index is -3.73. The van der Waals surface area contributed by atoms with Crippen LogP contribution >= 0.6 is 11.6 Å². The molecule has 1 fully saturated rings. The molecule has 1 aromatic rings. The summed E-state index contributed by atoms with van der Waals surface area (Å²) in [5.41, 5.74) is 0.266. The van der Waals surface area contributed by atoms with Crippen molar-refractivity contribution in [1.29, 1.82) is 0 Å². The van der Waals surface area contributed by atoms with Gasteiger partial charge in [0.15, 0.2) is 0 Å². The summed E-state index contributed by atoms with van der Waals surface area (Å²) in [5.74, 6) is -1.15. The highest BCUT2D eigenvalue weighted by Crippen LogP contribution is 2.32. The van der Waals surface area contributed by atoms with Gasteiger partial charge in [-0.1, -0.05) is 11.6 Å². The molecule has 1 aliphatic rings. The number of amides is 2. The largest absolute Gasteiger partial charge is 0.385 e. The zero-order valence-electron chi connectivity index (χ0n) is 13.2. The van der Waals surface area contributed by atoms with Gasteiger partial charge in [0.05, 0.1) is 16.5 Å². The molecule has 0 spiro atoms. The number of halogens is 1. The van der Waals surface area contributed by atoms with Gasteiger partial charge in [0, 0.05) is 32.2 Å². The molecule has 24 heavy (non-hydrogen) atoms. The number of benzene rings is 1. The molecule has 1 N–H and O–H groups in total. The van der Waals surface area contributed by atoms with Crippen molar-refractivity contribution in [3.05, 3.63) is 28.8 Å². The minimum Gasteiger partial charge on any atom is -0.385 e. The molecule has 0 aliphatic carbocycles. The Labute approximate surface area is 146 Å². The van der Waals surface area contributed by atoms with Crippen molar-refractivity contribution in [3.63, 3.8) is 0 Å². The van der Waals surface area contributed by atoms with Crippen molar-refractivity contribution in [2.45, 2.75) is 19.3 Å². The number of ether oxygens (including phenoxy) is 1. The molecule has 0 unspecified atom stereocenters. The average molecular weight is 375 g/mol. The fourth-order valence-corrected chi connectivity index (χ4v) is 4.05. The van der Waals surface area contributed by atoms with Gasteiger partial charge >= 0.3 is 0 Å². The number of sulfonamides is 1. The topological polar surface area (TPSA) is 92.8 Å². The quantitative estimate of drug-likeness (QED) is 0.731. The molecule has 2 amide bonds. The molecule has 0 aromatic heterocycles. The number of unbranched alkanes of at least 4 members (excludes halogenated alkanes) is 1. The standard InChI is InChI=1S/C15H19ClN2O5S/c1-23-8-3-2-7-17-15(20)11-4-5-12(16)13(10-11)18-14(19)6-9-24(18,21)22/h4-5,10H,2-3,6-9H2,1H3,(H,17,20). The van der Waals surface area contributed by atoms with Gasteiger partial charge in [-0.2, -0.15) is 0 Å². The predicted octanol–water partition coefficient (Wildman–Crippen LogP) is 1.56. The van der Waals surface area contributed by atoms with Crippen LogP contribution in [0.5, 0.6) is 0 Å². The third kappa shape index (κ3) is 4.25. The number of hydrogen-bond donors (Lipinski definition) is 1. The van der Waals surface area contributed by atoms with Crippen molar-refractivity contribution in [1.82, 2.24) is 5.32 Å². The van der Waals surface area contributed by atoms with E-state index in [2.05, 4.69) is 5.32 Å². The first-order chi connectivity index (χ1) is 11.4. The van der Waals surface area contributed by atoms with E-state index < -0.39 is 15.9 Å². The zero-order chi connectivity index (χ0) is 17.7. The highest BCUT2D eigenvalue weighted by molar-refractivity contribution is 7.94. The van der Waals surface area contributed by atoms with Crippen molar-refractivity contribution >= 4 is 39.1 Å². The lowest BCUT2D eigenvalue weighted by molar-refractivity contribution is -0.116. The lowest BCUT2D eigenvalue weighted by atomic mass is 10.1. The van der Waals surface area contributed by atoms with E-state index in [-0.39, 0.29) is 34.4 Å². The summed E-state index contributed by atoms with van der Waals surface area (Å²) in [5, 5.41) is 2.84. The van der Waals surface area contributed by atoms with Gasteiger partial charge in [0.1, 0.15) is 0 Å². The number of hydrogen-bond acceptors (Lipinski definition) is 5. The lowest BCUT2D eigenvalue weighted by Crippen LogP contribution is -2.30. The van der Waals surface area contributed by atoms with E-state index in [0.717, 1.165) is 12.8 Å². The maximum atomic E-state index is 12.2. The van der Waals surface area contributed by atoms with Crippen LogP contribution in [0.4, 0.5) is 5.69 Å². The summed E-state index contributed by atoms with van der Waals surface area (Å²) < 4.78 is 29.6. The summed E-state index contributed by atoms with van der Waals surface area (Å²) in [6.07, 6.45) is 1.50. The Morgan fingerprint density at radius 3 is 2.75 bits per heavy atom. The van der Waals surface area contributed by atoms with Crippen molar-refractivity contribution in [2.24, 2.45) is 0 Å². The van der Waals surface area contributed by atoms with Crippen LogP contribution in [0.3, 0.4) is 0 Å². The van der Waals surface area contributed by atoms with Crippen LogP contribution in [0.2, 0.25) is 5.02 Å². The summed E-state index contributed by atoms with van der Waals surface area (Å²) >= 11 is 6.03. The van der Waals surface area contributed by atoms with E-state index >= 15 is 0 Å². The zero-order valence-corrected chi connectivity index (χ0v) is 14.8. The SMILES string of the molecule is COCCCCNC(=O)c1ccc(Cl)c(N2C(=O)CCS2(=O)=O)c1. The Hall–Kier alpha value is -1.64. The van der Waals surface area contributed by atoms with E-state index in [4.69, 9.17) is 16.3 Å². The molecule has 1 aliphatic heterocycles. The Morgan fingerprint density at radius 1 is 1.38 bits per heavy atom. The molecule has 1 saturated heterocycles. The second-order valence-electron chi connectivity index (χ2n) is 5.35. The fraction of sp³-hybridized carbons (Fsp3) is 0.467. The van der Waals surface area contributed by atoms with Crippen LogP contribution in [0.15, 0.2) is 18.2 Å². The van der Waals surface area contributed by atoms with E-state index in [1.54, 1.807) is 7.11 Å². The second-order valence-corrected chi connectivity index (χ2v) is 7.69. The van der Waals surface area contributed by atoms with E-state index in [0.29, 0.717) is 17.5 Å². The second kappa shape index (κ2) is 7.96. The summed E-state index contributed by atoms with van der Waals surface area (Å²) in [6.45, 7) is 1.09. The van der Waals surface area contributed by atoms with Gasteiger partial charge in [0.25, 0.3) is 5.91 Å². The Bertz CT molecular complexity index is 735. The monoisotopic (exact) mass is 374 g/mol. The lowest BCUT2D eigenvalue weighted by Gasteiger charge is -2.17. The molecule has 1 heterocycles. The van der Waals surface area contributed by atoms with Crippen LogP contribution in [-0.2, 0) is 19.6 Å². The van der Waals surface area contributed by atoms with Gasteiger partial charge in [-0.05, 0) is 31.0 Å². The molecular formula is C15H19ClN2O5S. The van der Waals surface area contributed by atoms with Gasteiger partial charge in [-0.15, -0.1) is 0 Å². The minimum absolute atomic E-state index is 0.0196. The smallest absolute Gasteiger partial charge is 0.251 e. The van der Waals surface area contributed by atoms with Gasteiger partial charge in [-0.3, -0.25) is 9.59 Å². The van der Waals surface area contributed by atoms with Gasteiger partial charge in [-0.25, -0.2) is 12.7 Å². The third-order valence-corrected chi connectivity index (χ3v) is 5.56. The molecule has 0 radical (unpaired) electrons. The molecule has 2 rings (SSSR count). The van der Waals surface area contributed by atoms with Crippen LogP contribution in [-0.4, -0.2) is 46.2 Å². The number of nitrogens with zero attached hydrogens (tertiary/aromatic N) is 1. The molecule has 0 atom stereocenters. The Morgan fingerprint density at radius 2 is 2.12 bits per heavy atom. The first-order valence-electron chi connectivity index (χ1n) is 7.49. The number of anilines is 1. The third-order valence-electron chi connectivity index (χ3n) is 3.57. The summed E-state index contributed by atoms with van der Waals surface area (Å²) in [6, 6.07) is 4.23. The number of carbonyl (C=O) groups excluding carboxylic acids is 2. The molecule has 9 heteroatoms. The molecule has 1 aromatic carbocycles. The molecule has 7 nitrogen and oxygen atoms in total. The molecule has 0 bridgehead atoms. The van der Waals surface area contributed by atoms with Crippen LogP contribution in [0.1, 0.15) is 29.6 Å². The predicted molar refractivity (Wildman–Crippen MR) is 90.8 cm³/mol. The van der Waals surface area contributed by atoms with Crippen molar-refractivity contribution in [2.75, 3.05) is 30.3 Å². The Balaban J connectivity index is 2.14. The number of methoxy groups -OCH3 is 1. The average Bonchev–Trinajstić information content (AvgIpc) is 2.81. The first kappa shape index (κ1) is 18.7. The molecule has 0 saturated carbocycles. The van der Waals surface area contributed by atoms with Crippen LogP contribution in [0.25, 0.3) is 0 Å². The van der Waals surface area contributed by atoms with E-state index in [1.807, 2.05) is 0 Å². The van der Waals surface area contributed by atoms with Crippen LogP contribution in [0, 0.1) is 0 Å². The van der Waals surface area contributed by atoms with Crippen LogP contribution < -0.4 is 9.62 Å². The summed E-state index contributed by atoms with van der Waals surface area (Å²) in [4.78, 5) is 24.0. The number of carbonyl (C=O) groups is 2. The van der Waals surface area contributed by atoms with E-state index in [9.17, 15) is 18.0 Å². The maximum Gasteiger partial charge on any atom is 0.251 e. The van der Waals surface area contributed by atoms with Crippen molar-refractivity contribution in [3.8, 4) is 0 Å². The summed E-state index contributed by atoms with van der Waals surface area (Å²) in [7, 11) is -2.12. The fourth-order valence-electron chi connectivity index (χ4n) is 2.33. The molecular weight excluding hydrogens is 356 g/mol. The normalized spacial score (nSPS) is 16.4.